The number of primary amides is 1. The molecule has 1 saturated heterocycles. The lowest BCUT2D eigenvalue weighted by Gasteiger charge is -2.25. The zero-order valence-corrected chi connectivity index (χ0v) is 31.7. The number of morpholine rings is 1. The second kappa shape index (κ2) is 17.2. The van der Waals surface area contributed by atoms with Crippen molar-refractivity contribution in [2.75, 3.05) is 32.8 Å². The Balaban J connectivity index is 0.000000422. The fourth-order valence-corrected chi connectivity index (χ4v) is 7.31. The Morgan fingerprint density at radius 1 is 0.698 bits per heavy atom. The number of hydrogen-bond acceptors (Lipinski definition) is 7. The second-order valence-electron chi connectivity index (χ2n) is 13.8. The molecule has 0 radical (unpaired) electrons. The summed E-state index contributed by atoms with van der Waals surface area (Å²) >= 11 is 0. The Morgan fingerprint density at radius 3 is 1.75 bits per heavy atom. The van der Waals surface area contributed by atoms with Crippen molar-refractivity contribution in [2.24, 2.45) is 5.73 Å². The number of allylic oxidation sites excluding steroid dienone is 4. The molecule has 12 heteroatoms. The summed E-state index contributed by atoms with van der Waals surface area (Å²) in [6.45, 7) is 16.7. The Bertz CT molecular complexity index is 2130. The summed E-state index contributed by atoms with van der Waals surface area (Å²) in [6.07, 6.45) is 2.85. The normalized spacial score (nSPS) is 14.7. The summed E-state index contributed by atoms with van der Waals surface area (Å²) in [6, 6.07) is 8.19. The largest absolute Gasteiger partial charge is 0.481 e. The van der Waals surface area contributed by atoms with Gasteiger partial charge in [0, 0.05) is 61.0 Å². The smallest absolute Gasteiger partial charge is 0.303 e. The number of hydrogen-bond donors (Lipinski definition) is 5. The van der Waals surface area contributed by atoms with E-state index in [4.69, 9.17) is 20.4 Å². The van der Waals surface area contributed by atoms with E-state index < -0.39 is 11.9 Å². The lowest BCUT2D eigenvalue weighted by atomic mass is 10.00. The zero-order valence-electron chi connectivity index (χ0n) is 31.7. The number of aromatic nitrogens is 4. The molecule has 0 aliphatic carbocycles. The minimum Gasteiger partial charge on any atom is -0.481 e. The number of nitrogens with one attached hydrogen (secondary N) is 2. The van der Waals surface area contributed by atoms with Crippen LogP contribution in [-0.2, 0) is 32.0 Å². The summed E-state index contributed by atoms with van der Waals surface area (Å²) in [5, 5.41) is 18.9. The molecule has 0 saturated carbocycles. The van der Waals surface area contributed by atoms with Crippen molar-refractivity contribution in [3.05, 3.63) is 69.3 Å². The molecule has 6 heterocycles. The van der Waals surface area contributed by atoms with Crippen molar-refractivity contribution in [3.63, 3.8) is 0 Å². The number of amides is 1. The maximum Gasteiger partial charge on any atom is 0.303 e. The number of nitrogens with two attached hydrogens (primary N) is 1. The van der Waals surface area contributed by atoms with Crippen molar-refractivity contribution in [2.45, 2.75) is 86.5 Å². The number of nitrogens with zero attached hydrogens (tertiary/aromatic N) is 3. The van der Waals surface area contributed by atoms with E-state index in [0.717, 1.165) is 118 Å². The summed E-state index contributed by atoms with van der Waals surface area (Å²) < 4.78 is 5.15. The van der Waals surface area contributed by atoms with E-state index in [9.17, 15) is 24.6 Å². The second-order valence-corrected chi connectivity index (χ2v) is 13.8. The minimum atomic E-state index is -0.864. The predicted octanol–water partition coefficient (Wildman–Crippen LogP) is 6.84. The van der Waals surface area contributed by atoms with Crippen molar-refractivity contribution in [3.8, 4) is 0 Å². The fourth-order valence-electron chi connectivity index (χ4n) is 7.31. The molecule has 0 aromatic carbocycles. The van der Waals surface area contributed by atoms with Gasteiger partial charge < -0.3 is 30.7 Å². The highest BCUT2D eigenvalue weighted by molar-refractivity contribution is 5.95. The van der Waals surface area contributed by atoms with Crippen molar-refractivity contribution in [1.29, 1.82) is 0 Å². The van der Waals surface area contributed by atoms with Gasteiger partial charge in [-0.05, 0) is 122 Å². The van der Waals surface area contributed by atoms with Gasteiger partial charge in [0.25, 0.3) is 0 Å². The average Bonchev–Trinajstić information content (AvgIpc) is 3.78. The van der Waals surface area contributed by atoms with Crippen LogP contribution in [0.1, 0.15) is 105 Å². The van der Waals surface area contributed by atoms with Crippen LogP contribution < -0.4 is 5.73 Å². The molecule has 0 atom stereocenters. The minimum absolute atomic E-state index is 0.00162. The van der Waals surface area contributed by atoms with Crippen LogP contribution in [0.2, 0.25) is 0 Å². The Labute approximate surface area is 310 Å². The number of carboxylic acids is 2. The Kier molecular flexibility index (Phi) is 12.7. The van der Waals surface area contributed by atoms with Crippen LogP contribution in [0.5, 0.6) is 0 Å². The molecule has 1 fully saturated rings. The number of carboxylic acid groups (broad SMARTS) is 2. The third-order valence-electron chi connectivity index (χ3n) is 10.5. The number of fused-ring (bicyclic) bond motifs is 8. The molecule has 12 nitrogen and oxygen atoms in total. The van der Waals surface area contributed by atoms with Crippen molar-refractivity contribution >= 4 is 62.2 Å². The van der Waals surface area contributed by atoms with Crippen LogP contribution in [0.25, 0.3) is 44.4 Å². The van der Waals surface area contributed by atoms with Gasteiger partial charge in [-0.3, -0.25) is 19.3 Å². The highest BCUT2D eigenvalue weighted by atomic mass is 16.5. The molecule has 282 valence electrons. The lowest BCUT2D eigenvalue weighted by Crippen LogP contribution is -2.38. The number of aliphatic carboxylic acids is 2. The molecule has 6 N–H and O–H groups in total. The first kappa shape index (κ1) is 39.1. The first-order chi connectivity index (χ1) is 25.3. The number of ether oxygens (including phenoxy) is 1. The molecule has 3 aromatic heterocycles. The molecule has 0 spiro atoms. The van der Waals surface area contributed by atoms with E-state index in [0.29, 0.717) is 25.0 Å². The van der Waals surface area contributed by atoms with Gasteiger partial charge in [0.05, 0.1) is 36.0 Å². The van der Waals surface area contributed by atoms with Gasteiger partial charge in [-0.2, -0.15) is 0 Å². The van der Waals surface area contributed by atoms with E-state index in [1.165, 1.54) is 11.1 Å². The van der Waals surface area contributed by atoms with E-state index in [1.54, 1.807) is 0 Å². The standard InChI is InChI=1S/C34H38N4O4.C7H14N2O2/c1-7-21-17(3)25-13-26-19(5)23(9-11-33(39)40)31(37-26)16-32-24(10-12-34(41)42)20(6)28(38-32)15-30-22(8-2)18(4)27(36-30)14-29(21)35-25;8-7(10)1-2-9-3-5-11-6-4-9/h13-16,35,38H,7-12H2,1-6H3,(H,39,40)(H,41,42);1-6H2,(H2,8,10). The van der Waals surface area contributed by atoms with E-state index in [2.05, 4.69) is 54.7 Å². The molecule has 1 amide bonds. The third kappa shape index (κ3) is 9.12. The third-order valence-corrected chi connectivity index (χ3v) is 10.5. The number of aromatic amines is 2. The summed E-state index contributed by atoms with van der Waals surface area (Å²) in [5.41, 5.74) is 20.4. The molecule has 8 bridgehead atoms. The molecule has 3 aliphatic heterocycles. The van der Waals surface area contributed by atoms with E-state index >= 15 is 0 Å². The van der Waals surface area contributed by atoms with Gasteiger partial charge >= 0.3 is 11.9 Å². The van der Waals surface area contributed by atoms with Crippen molar-refractivity contribution < 1.29 is 29.3 Å². The average molecular weight is 725 g/mol. The maximum absolute atomic E-state index is 11.5. The van der Waals surface area contributed by atoms with Crippen LogP contribution in [0.3, 0.4) is 0 Å². The number of aryl methyl sites for hydroxylation is 4. The van der Waals surface area contributed by atoms with Gasteiger partial charge in [0.1, 0.15) is 0 Å². The molecule has 3 aromatic rings. The summed E-state index contributed by atoms with van der Waals surface area (Å²) in [7, 11) is 0. The quantitative estimate of drug-likeness (QED) is 0.141. The Hall–Kier alpha value is -5.07. The van der Waals surface area contributed by atoms with E-state index in [-0.39, 0.29) is 18.7 Å². The molecule has 3 aliphatic rings. The lowest BCUT2D eigenvalue weighted by molar-refractivity contribution is -0.137. The van der Waals surface area contributed by atoms with Crippen LogP contribution in [0, 0.1) is 13.8 Å². The monoisotopic (exact) mass is 724 g/mol. The number of carbonyl (C=O) groups excluding carboxylic acids is 1. The van der Waals surface area contributed by atoms with Crippen LogP contribution in [0.15, 0.2) is 24.3 Å². The SMILES string of the molecule is CCC1=C(C)c2cc3[nH]c(cc4nc(cc5[nH]c(cc1n2)c(C)c5CCC(=O)O)C(CCC(=O)O)=C4C)c(C)c3CC.NC(=O)CCN1CCOCC1. The maximum atomic E-state index is 11.5. The molecular formula is C41H52N6O6. The van der Waals surface area contributed by atoms with Crippen LogP contribution >= 0.6 is 0 Å². The van der Waals surface area contributed by atoms with Gasteiger partial charge in [-0.25, -0.2) is 9.97 Å². The zero-order chi connectivity index (χ0) is 38.4. The fraction of sp³-hybridized carbons (Fsp3) is 0.439. The topological polar surface area (TPSA) is 188 Å². The number of rotatable bonds is 11. The number of H-pyrrole nitrogens is 2. The van der Waals surface area contributed by atoms with Crippen LogP contribution in [0.4, 0.5) is 0 Å². The molecular weight excluding hydrogens is 672 g/mol. The molecule has 6 rings (SSSR count). The van der Waals surface area contributed by atoms with Gasteiger partial charge in [-0.15, -0.1) is 0 Å². The summed E-state index contributed by atoms with van der Waals surface area (Å²) in [5.74, 6) is -1.95. The van der Waals surface area contributed by atoms with E-state index in [1.807, 2.05) is 26.0 Å². The number of carbonyl (C=O) groups is 3. The van der Waals surface area contributed by atoms with Crippen LogP contribution in [-0.4, -0.2) is 85.7 Å². The molecule has 0 unspecified atom stereocenters. The highest BCUT2D eigenvalue weighted by Crippen LogP contribution is 2.37. The first-order valence-electron chi connectivity index (χ1n) is 18.5. The first-order valence-corrected chi connectivity index (χ1v) is 18.5. The summed E-state index contributed by atoms with van der Waals surface area (Å²) in [4.78, 5) is 52.9. The van der Waals surface area contributed by atoms with Gasteiger partial charge in [0.2, 0.25) is 5.91 Å². The molecule has 53 heavy (non-hydrogen) atoms. The van der Waals surface area contributed by atoms with Crippen molar-refractivity contribution in [1.82, 2.24) is 24.8 Å². The van der Waals surface area contributed by atoms with Gasteiger partial charge in [-0.1, -0.05) is 13.8 Å². The van der Waals surface area contributed by atoms with Gasteiger partial charge in [0.15, 0.2) is 0 Å². The highest BCUT2D eigenvalue weighted by Gasteiger charge is 2.21. The Morgan fingerprint density at radius 2 is 1.19 bits per heavy atom. The predicted molar refractivity (Wildman–Crippen MR) is 209 cm³/mol.